The summed E-state index contributed by atoms with van der Waals surface area (Å²) in [5.41, 5.74) is 0.383. The molecule has 0 aliphatic heterocycles. The van der Waals surface area contributed by atoms with Gasteiger partial charge >= 0.3 is 0 Å². The van der Waals surface area contributed by atoms with Crippen molar-refractivity contribution in [3.8, 4) is 11.5 Å². The lowest BCUT2D eigenvalue weighted by atomic mass is 10.2. The number of phenolic OH excluding ortho intramolecular Hbond substituents is 1. The van der Waals surface area contributed by atoms with E-state index in [4.69, 9.17) is 9.84 Å². The van der Waals surface area contributed by atoms with Gasteiger partial charge in [-0.15, -0.1) is 0 Å². The summed E-state index contributed by atoms with van der Waals surface area (Å²) >= 11 is 0. The van der Waals surface area contributed by atoms with Gasteiger partial charge in [0, 0.05) is 5.56 Å². The number of carbonyl (C=O) groups excluding carboxylic acids is 1. The highest BCUT2D eigenvalue weighted by Gasteiger charge is 2.02. The Morgan fingerprint density at radius 3 is 2.77 bits per heavy atom. The van der Waals surface area contributed by atoms with Crippen LogP contribution in [0, 0.1) is 0 Å². The van der Waals surface area contributed by atoms with Gasteiger partial charge in [-0.25, -0.2) is 0 Å². The minimum Gasteiger partial charge on any atom is -0.504 e. The van der Waals surface area contributed by atoms with Crippen LogP contribution < -0.4 is 4.74 Å². The Labute approximate surface area is 75.4 Å². The molecular weight excluding hydrogens is 172 g/mol. The maximum atomic E-state index is 10.3. The average molecular weight is 182 g/mol. The number of aliphatic hydroxyl groups is 1. The van der Waals surface area contributed by atoms with Crippen molar-refractivity contribution in [2.45, 2.75) is 0 Å². The maximum absolute atomic E-state index is 10.3. The number of aliphatic hydroxyl groups excluding tert-OH is 1. The first-order valence-electron chi connectivity index (χ1n) is 3.80. The van der Waals surface area contributed by atoms with E-state index in [1.54, 1.807) is 0 Å². The first-order chi connectivity index (χ1) is 6.27. The van der Waals surface area contributed by atoms with E-state index in [0.29, 0.717) is 11.8 Å². The molecule has 70 valence electrons. The van der Waals surface area contributed by atoms with Gasteiger partial charge < -0.3 is 14.9 Å². The summed E-state index contributed by atoms with van der Waals surface area (Å²) in [6.07, 6.45) is 0.634. The predicted octanol–water partition coefficient (Wildman–Crippen LogP) is 0.576. The molecule has 0 fully saturated rings. The van der Waals surface area contributed by atoms with Crippen molar-refractivity contribution in [2.24, 2.45) is 0 Å². The van der Waals surface area contributed by atoms with Gasteiger partial charge in [0.15, 0.2) is 11.5 Å². The molecule has 0 heterocycles. The summed E-state index contributed by atoms with van der Waals surface area (Å²) in [6, 6.07) is 4.31. The Morgan fingerprint density at radius 1 is 1.46 bits per heavy atom. The van der Waals surface area contributed by atoms with Crippen molar-refractivity contribution < 1.29 is 19.7 Å². The summed E-state index contributed by atoms with van der Waals surface area (Å²) in [7, 11) is 0. The van der Waals surface area contributed by atoms with Crippen molar-refractivity contribution in [1.29, 1.82) is 0 Å². The number of aromatic hydroxyl groups is 1. The molecule has 13 heavy (non-hydrogen) atoms. The van der Waals surface area contributed by atoms with E-state index >= 15 is 0 Å². The summed E-state index contributed by atoms with van der Waals surface area (Å²) in [5.74, 6) is 0.165. The van der Waals surface area contributed by atoms with E-state index in [1.807, 2.05) is 0 Å². The fraction of sp³-hybridized carbons (Fsp3) is 0.222. The van der Waals surface area contributed by atoms with Crippen LogP contribution in [0.25, 0.3) is 0 Å². The topological polar surface area (TPSA) is 66.8 Å². The Bertz CT molecular complexity index is 296. The van der Waals surface area contributed by atoms with Crippen LogP contribution in [-0.4, -0.2) is 29.7 Å². The second kappa shape index (κ2) is 4.47. The first-order valence-corrected chi connectivity index (χ1v) is 3.80. The average Bonchev–Trinajstić information content (AvgIpc) is 2.16. The molecule has 0 radical (unpaired) electrons. The van der Waals surface area contributed by atoms with Gasteiger partial charge in [0.1, 0.15) is 12.9 Å². The lowest BCUT2D eigenvalue weighted by molar-refractivity contribution is 0.112. The molecule has 0 aliphatic rings. The van der Waals surface area contributed by atoms with Crippen LogP contribution in [-0.2, 0) is 0 Å². The normalized spacial score (nSPS) is 9.62. The number of benzene rings is 1. The zero-order chi connectivity index (χ0) is 9.68. The van der Waals surface area contributed by atoms with Crippen LogP contribution in [0.3, 0.4) is 0 Å². The fourth-order valence-electron chi connectivity index (χ4n) is 0.885. The molecule has 4 heteroatoms. The lowest BCUT2D eigenvalue weighted by Gasteiger charge is -2.05. The van der Waals surface area contributed by atoms with Crippen molar-refractivity contribution in [1.82, 2.24) is 0 Å². The fourth-order valence-corrected chi connectivity index (χ4v) is 0.885. The second-order valence-electron chi connectivity index (χ2n) is 2.42. The van der Waals surface area contributed by atoms with Crippen molar-refractivity contribution in [3.63, 3.8) is 0 Å². The quantitative estimate of drug-likeness (QED) is 0.668. The number of aldehydes is 1. The molecule has 0 aromatic heterocycles. The summed E-state index contributed by atoms with van der Waals surface area (Å²) in [4.78, 5) is 10.3. The molecule has 0 amide bonds. The van der Waals surface area contributed by atoms with Gasteiger partial charge in [-0.1, -0.05) is 0 Å². The van der Waals surface area contributed by atoms with E-state index in [2.05, 4.69) is 0 Å². The first kappa shape index (κ1) is 9.54. The number of hydrogen-bond acceptors (Lipinski definition) is 4. The molecule has 1 rings (SSSR count). The van der Waals surface area contributed by atoms with E-state index < -0.39 is 0 Å². The van der Waals surface area contributed by atoms with Crippen molar-refractivity contribution in [3.05, 3.63) is 23.8 Å². The van der Waals surface area contributed by atoms with Gasteiger partial charge in [0.25, 0.3) is 0 Å². The Kier molecular flexibility index (Phi) is 3.28. The third-order valence-electron chi connectivity index (χ3n) is 1.47. The van der Waals surface area contributed by atoms with Crippen LogP contribution in [0.5, 0.6) is 11.5 Å². The molecule has 0 spiro atoms. The summed E-state index contributed by atoms with van der Waals surface area (Å²) in [5, 5.41) is 17.7. The predicted molar refractivity (Wildman–Crippen MR) is 46.1 cm³/mol. The summed E-state index contributed by atoms with van der Waals surface area (Å²) < 4.78 is 4.97. The molecular formula is C9H10O4. The van der Waals surface area contributed by atoms with Crippen LogP contribution in [0.4, 0.5) is 0 Å². The zero-order valence-electron chi connectivity index (χ0n) is 6.93. The number of rotatable bonds is 4. The largest absolute Gasteiger partial charge is 0.504 e. The molecule has 1 aromatic rings. The van der Waals surface area contributed by atoms with Gasteiger partial charge in [-0.2, -0.15) is 0 Å². The molecule has 0 saturated carbocycles. The van der Waals surface area contributed by atoms with E-state index in [-0.39, 0.29) is 24.7 Å². The summed E-state index contributed by atoms with van der Waals surface area (Å²) in [6.45, 7) is 0.00285. The number of hydrogen-bond donors (Lipinski definition) is 2. The zero-order valence-corrected chi connectivity index (χ0v) is 6.93. The van der Waals surface area contributed by atoms with Gasteiger partial charge in [-0.3, -0.25) is 4.79 Å². The third kappa shape index (κ3) is 2.45. The minimum absolute atomic E-state index is 0.0990. The van der Waals surface area contributed by atoms with Gasteiger partial charge in [0.05, 0.1) is 6.61 Å². The monoisotopic (exact) mass is 182 g/mol. The Morgan fingerprint density at radius 2 is 2.23 bits per heavy atom. The lowest BCUT2D eigenvalue weighted by Crippen LogP contribution is -2.01. The van der Waals surface area contributed by atoms with Crippen molar-refractivity contribution >= 4 is 6.29 Å². The highest BCUT2D eigenvalue weighted by molar-refractivity contribution is 5.76. The second-order valence-corrected chi connectivity index (χ2v) is 2.42. The van der Waals surface area contributed by atoms with Gasteiger partial charge in [0.2, 0.25) is 0 Å². The van der Waals surface area contributed by atoms with Crippen LogP contribution >= 0.6 is 0 Å². The SMILES string of the molecule is O=Cc1ccc(OCCO)c(O)c1. The maximum Gasteiger partial charge on any atom is 0.161 e. The van der Waals surface area contributed by atoms with E-state index in [1.165, 1.54) is 18.2 Å². The minimum atomic E-state index is -0.116. The molecule has 0 unspecified atom stereocenters. The highest BCUT2D eigenvalue weighted by atomic mass is 16.5. The molecule has 2 N–H and O–H groups in total. The number of ether oxygens (including phenoxy) is 1. The van der Waals surface area contributed by atoms with Crippen LogP contribution in [0.2, 0.25) is 0 Å². The van der Waals surface area contributed by atoms with Crippen molar-refractivity contribution in [2.75, 3.05) is 13.2 Å². The number of phenols is 1. The molecule has 0 saturated heterocycles. The molecule has 0 bridgehead atoms. The molecule has 0 aliphatic carbocycles. The molecule has 1 aromatic carbocycles. The standard InChI is InChI=1S/C9H10O4/c10-3-4-13-9-2-1-7(6-11)5-8(9)12/h1-2,5-6,10,12H,3-4H2. The van der Waals surface area contributed by atoms with Gasteiger partial charge in [-0.05, 0) is 18.2 Å². The molecule has 4 nitrogen and oxygen atoms in total. The Balaban J connectivity index is 2.79. The number of carbonyl (C=O) groups is 1. The smallest absolute Gasteiger partial charge is 0.161 e. The molecule has 0 atom stereocenters. The van der Waals surface area contributed by atoms with Crippen LogP contribution in [0.1, 0.15) is 10.4 Å². The Hall–Kier alpha value is -1.55. The van der Waals surface area contributed by atoms with Crippen LogP contribution in [0.15, 0.2) is 18.2 Å². The van der Waals surface area contributed by atoms with E-state index in [0.717, 1.165) is 0 Å². The highest BCUT2D eigenvalue weighted by Crippen LogP contribution is 2.25. The third-order valence-corrected chi connectivity index (χ3v) is 1.47. The van der Waals surface area contributed by atoms with E-state index in [9.17, 15) is 9.90 Å².